The van der Waals surface area contributed by atoms with E-state index in [0.29, 0.717) is 6.42 Å². The number of benzene rings is 1. The molecule has 0 saturated heterocycles. The standard InChI is InChI=1S/C12H15N3O/c1-9-4-3-5-11(8-9)15-12(16)14-10(2)6-7-13/h3-5,8,10H,6H2,1-2H3,(H2,14,15,16). The molecule has 2 amide bonds. The number of nitriles is 1. The number of aryl methyl sites for hydroxylation is 1. The molecule has 0 aliphatic heterocycles. The van der Waals surface area contributed by atoms with Crippen LogP contribution in [-0.4, -0.2) is 12.1 Å². The molecular weight excluding hydrogens is 202 g/mol. The summed E-state index contributed by atoms with van der Waals surface area (Å²) in [5.74, 6) is 0. The van der Waals surface area contributed by atoms with Crippen LogP contribution >= 0.6 is 0 Å². The van der Waals surface area contributed by atoms with Gasteiger partial charge >= 0.3 is 6.03 Å². The molecule has 0 saturated carbocycles. The fraction of sp³-hybridized carbons (Fsp3) is 0.333. The van der Waals surface area contributed by atoms with Gasteiger partial charge in [-0.15, -0.1) is 0 Å². The van der Waals surface area contributed by atoms with E-state index < -0.39 is 0 Å². The van der Waals surface area contributed by atoms with Crippen LogP contribution in [0.15, 0.2) is 24.3 Å². The molecule has 1 aromatic carbocycles. The van der Waals surface area contributed by atoms with E-state index >= 15 is 0 Å². The molecular formula is C12H15N3O. The third kappa shape index (κ3) is 4.01. The summed E-state index contributed by atoms with van der Waals surface area (Å²) in [6.07, 6.45) is 0.307. The van der Waals surface area contributed by atoms with Crippen LogP contribution in [0.4, 0.5) is 10.5 Å². The van der Waals surface area contributed by atoms with Gasteiger partial charge < -0.3 is 10.6 Å². The molecule has 1 unspecified atom stereocenters. The van der Waals surface area contributed by atoms with E-state index in [1.54, 1.807) is 6.92 Å². The van der Waals surface area contributed by atoms with E-state index in [1.165, 1.54) is 0 Å². The van der Waals surface area contributed by atoms with Crippen molar-refractivity contribution < 1.29 is 4.79 Å². The first-order chi connectivity index (χ1) is 7.61. The predicted molar refractivity (Wildman–Crippen MR) is 63.0 cm³/mol. The number of carbonyl (C=O) groups is 1. The molecule has 0 radical (unpaired) electrons. The SMILES string of the molecule is Cc1cccc(NC(=O)NC(C)CC#N)c1. The van der Waals surface area contributed by atoms with Crippen molar-refractivity contribution in [2.75, 3.05) is 5.32 Å². The van der Waals surface area contributed by atoms with E-state index in [4.69, 9.17) is 5.26 Å². The number of nitrogens with zero attached hydrogens (tertiary/aromatic N) is 1. The highest BCUT2D eigenvalue weighted by atomic mass is 16.2. The number of hydrogen-bond donors (Lipinski definition) is 2. The molecule has 16 heavy (non-hydrogen) atoms. The van der Waals surface area contributed by atoms with Crippen LogP contribution in [0, 0.1) is 18.3 Å². The number of hydrogen-bond acceptors (Lipinski definition) is 2. The van der Waals surface area contributed by atoms with E-state index in [0.717, 1.165) is 11.3 Å². The Morgan fingerprint density at radius 1 is 1.56 bits per heavy atom. The molecule has 84 valence electrons. The van der Waals surface area contributed by atoms with Crippen LogP contribution in [0.3, 0.4) is 0 Å². The Kier molecular flexibility index (Phi) is 4.34. The van der Waals surface area contributed by atoms with Crippen molar-refractivity contribution >= 4 is 11.7 Å². The third-order valence-electron chi connectivity index (χ3n) is 2.05. The van der Waals surface area contributed by atoms with Crippen LogP contribution < -0.4 is 10.6 Å². The maximum atomic E-state index is 11.5. The van der Waals surface area contributed by atoms with Gasteiger partial charge in [-0.2, -0.15) is 5.26 Å². The lowest BCUT2D eigenvalue weighted by Crippen LogP contribution is -2.35. The van der Waals surface area contributed by atoms with Gasteiger partial charge in [0.05, 0.1) is 12.5 Å². The van der Waals surface area contributed by atoms with Gasteiger partial charge in [-0.3, -0.25) is 0 Å². The Morgan fingerprint density at radius 3 is 2.94 bits per heavy atom. The molecule has 4 heteroatoms. The molecule has 0 fully saturated rings. The van der Waals surface area contributed by atoms with Gasteiger partial charge in [-0.05, 0) is 31.5 Å². The fourth-order valence-corrected chi connectivity index (χ4v) is 1.30. The van der Waals surface area contributed by atoms with Crippen molar-refractivity contribution in [1.82, 2.24) is 5.32 Å². The van der Waals surface area contributed by atoms with E-state index in [1.807, 2.05) is 37.3 Å². The van der Waals surface area contributed by atoms with Gasteiger partial charge in [0.15, 0.2) is 0 Å². The van der Waals surface area contributed by atoms with Gasteiger partial charge in [0, 0.05) is 11.7 Å². The van der Waals surface area contributed by atoms with E-state index in [-0.39, 0.29) is 12.1 Å². The highest BCUT2D eigenvalue weighted by Crippen LogP contribution is 2.09. The molecule has 0 heterocycles. The predicted octanol–water partition coefficient (Wildman–Crippen LogP) is 2.42. The Hall–Kier alpha value is -2.02. The first-order valence-electron chi connectivity index (χ1n) is 5.13. The lowest BCUT2D eigenvalue weighted by atomic mass is 10.2. The zero-order valence-electron chi connectivity index (χ0n) is 9.45. The van der Waals surface area contributed by atoms with Crippen molar-refractivity contribution in [1.29, 1.82) is 5.26 Å². The normalized spacial score (nSPS) is 11.3. The van der Waals surface area contributed by atoms with Crippen LogP contribution in [-0.2, 0) is 0 Å². The van der Waals surface area contributed by atoms with Crippen molar-refractivity contribution in [3.63, 3.8) is 0 Å². The number of carbonyl (C=O) groups excluding carboxylic acids is 1. The molecule has 0 aromatic heterocycles. The monoisotopic (exact) mass is 217 g/mol. The quantitative estimate of drug-likeness (QED) is 0.816. The maximum Gasteiger partial charge on any atom is 0.319 e. The summed E-state index contributed by atoms with van der Waals surface area (Å²) in [7, 11) is 0. The number of amides is 2. The Morgan fingerprint density at radius 2 is 2.31 bits per heavy atom. The summed E-state index contributed by atoms with van der Waals surface area (Å²) in [6.45, 7) is 3.75. The van der Waals surface area contributed by atoms with Gasteiger partial charge in [0.2, 0.25) is 0 Å². The van der Waals surface area contributed by atoms with E-state index in [9.17, 15) is 4.79 Å². The van der Waals surface area contributed by atoms with Gasteiger partial charge in [-0.1, -0.05) is 12.1 Å². The number of nitrogens with one attached hydrogen (secondary N) is 2. The summed E-state index contributed by atoms with van der Waals surface area (Å²) in [5.41, 5.74) is 1.84. The highest BCUT2D eigenvalue weighted by Gasteiger charge is 2.06. The molecule has 4 nitrogen and oxygen atoms in total. The second-order valence-corrected chi connectivity index (χ2v) is 3.73. The van der Waals surface area contributed by atoms with Crippen molar-refractivity contribution in [3.05, 3.63) is 29.8 Å². The number of anilines is 1. The first kappa shape index (κ1) is 12.1. The average molecular weight is 217 g/mol. The number of urea groups is 1. The van der Waals surface area contributed by atoms with Crippen LogP contribution in [0.5, 0.6) is 0 Å². The average Bonchev–Trinajstić information content (AvgIpc) is 2.17. The van der Waals surface area contributed by atoms with Crippen LogP contribution in [0.25, 0.3) is 0 Å². The lowest BCUT2D eigenvalue weighted by molar-refractivity contribution is 0.249. The molecule has 1 rings (SSSR count). The zero-order valence-corrected chi connectivity index (χ0v) is 9.45. The van der Waals surface area contributed by atoms with Gasteiger partial charge in [0.1, 0.15) is 0 Å². The minimum absolute atomic E-state index is 0.144. The summed E-state index contributed by atoms with van der Waals surface area (Å²) in [5, 5.41) is 13.8. The molecule has 0 aliphatic carbocycles. The summed E-state index contributed by atoms with van der Waals surface area (Å²) >= 11 is 0. The fourth-order valence-electron chi connectivity index (χ4n) is 1.30. The molecule has 1 aromatic rings. The van der Waals surface area contributed by atoms with Gasteiger partial charge in [0.25, 0.3) is 0 Å². The summed E-state index contributed by atoms with van der Waals surface area (Å²) in [4.78, 5) is 11.5. The van der Waals surface area contributed by atoms with Crippen molar-refractivity contribution in [2.24, 2.45) is 0 Å². The largest absolute Gasteiger partial charge is 0.334 e. The minimum Gasteiger partial charge on any atom is -0.334 e. The highest BCUT2D eigenvalue weighted by molar-refractivity contribution is 5.89. The van der Waals surface area contributed by atoms with Gasteiger partial charge in [-0.25, -0.2) is 4.79 Å². The zero-order chi connectivity index (χ0) is 12.0. The Balaban J connectivity index is 2.49. The van der Waals surface area contributed by atoms with E-state index in [2.05, 4.69) is 10.6 Å². The van der Waals surface area contributed by atoms with Crippen molar-refractivity contribution in [2.45, 2.75) is 26.3 Å². The topological polar surface area (TPSA) is 64.9 Å². The summed E-state index contributed by atoms with van der Waals surface area (Å²) < 4.78 is 0. The molecule has 2 N–H and O–H groups in total. The Labute approximate surface area is 95.3 Å². The second kappa shape index (κ2) is 5.76. The minimum atomic E-state index is -0.284. The molecule has 0 aliphatic rings. The molecule has 0 bridgehead atoms. The smallest absolute Gasteiger partial charge is 0.319 e. The Bertz CT molecular complexity index is 409. The maximum absolute atomic E-state index is 11.5. The first-order valence-corrected chi connectivity index (χ1v) is 5.13. The third-order valence-corrected chi connectivity index (χ3v) is 2.05. The van der Waals surface area contributed by atoms with Crippen LogP contribution in [0.1, 0.15) is 18.9 Å². The lowest BCUT2D eigenvalue weighted by Gasteiger charge is -2.11. The van der Waals surface area contributed by atoms with Crippen molar-refractivity contribution in [3.8, 4) is 6.07 Å². The second-order valence-electron chi connectivity index (χ2n) is 3.73. The molecule has 1 atom stereocenters. The summed E-state index contributed by atoms with van der Waals surface area (Å²) in [6, 6.07) is 9.12. The molecule has 0 spiro atoms. The van der Waals surface area contributed by atoms with Crippen LogP contribution in [0.2, 0.25) is 0 Å². The number of rotatable bonds is 3.